The lowest BCUT2D eigenvalue weighted by molar-refractivity contribution is -0.143. The van der Waals surface area contributed by atoms with Crippen LogP contribution in [0, 0.1) is 0 Å². The number of aliphatic carboxylic acids is 2. The number of benzene rings is 2. The summed E-state index contributed by atoms with van der Waals surface area (Å²) >= 11 is 0. The third-order valence-corrected chi connectivity index (χ3v) is 6.31. The molecule has 0 saturated carbocycles. The number of nitrogens with one attached hydrogen (secondary N) is 3. The van der Waals surface area contributed by atoms with E-state index < -0.39 is 72.6 Å². The number of rotatable bonds is 17. The smallest absolute Gasteiger partial charge is 0.326 e. The van der Waals surface area contributed by atoms with Gasteiger partial charge in [0.05, 0.1) is 6.04 Å². The summed E-state index contributed by atoms with van der Waals surface area (Å²) in [5, 5.41) is 44.7. The lowest BCUT2D eigenvalue weighted by atomic mass is 10.0. The molecular weight excluding hydrogens is 566 g/mol. The van der Waals surface area contributed by atoms with Gasteiger partial charge in [-0.1, -0.05) is 24.3 Å². The average Bonchev–Trinajstić information content (AvgIpc) is 2.94. The van der Waals surface area contributed by atoms with E-state index in [9.17, 15) is 44.1 Å². The van der Waals surface area contributed by atoms with Crippen molar-refractivity contribution in [3.05, 3.63) is 59.7 Å². The standard InChI is InChI=1S/C28H35N5O10/c29-19(13-15-1-5-17(34)6-2-15)25(39)33-22(14-16-3-7-18(35)8-4-16)27(41)31-20(10-12-24(37)38)26(40)32-21(28(42)43)9-11-23(30)36/h1-8,19-22,34-35H,9-14,29H2,(H2,30,36)(H,31,41)(H,32,40)(H,33,39)(H,37,38)(H,42,43). The first kappa shape index (κ1) is 34.0. The molecule has 0 fully saturated rings. The van der Waals surface area contributed by atoms with E-state index >= 15 is 0 Å². The van der Waals surface area contributed by atoms with Crippen molar-refractivity contribution >= 4 is 35.6 Å². The molecule has 0 aliphatic rings. The lowest BCUT2D eigenvalue weighted by Gasteiger charge is -2.25. The summed E-state index contributed by atoms with van der Waals surface area (Å²) in [6.45, 7) is 0. The van der Waals surface area contributed by atoms with E-state index in [0.29, 0.717) is 11.1 Å². The summed E-state index contributed by atoms with van der Waals surface area (Å²) in [4.78, 5) is 73.3. The molecule has 0 radical (unpaired) electrons. The fourth-order valence-corrected chi connectivity index (χ4v) is 3.96. The van der Waals surface area contributed by atoms with Gasteiger partial charge >= 0.3 is 11.9 Å². The minimum absolute atomic E-state index is 0.0245. The van der Waals surface area contributed by atoms with Gasteiger partial charge < -0.3 is 47.8 Å². The van der Waals surface area contributed by atoms with Gasteiger partial charge in [0.2, 0.25) is 23.6 Å². The van der Waals surface area contributed by atoms with Crippen molar-refractivity contribution in [2.24, 2.45) is 11.5 Å². The Hall–Kier alpha value is -5.18. The Morgan fingerprint density at radius 3 is 1.56 bits per heavy atom. The number of aromatic hydroxyl groups is 2. The summed E-state index contributed by atoms with van der Waals surface area (Å²) in [7, 11) is 0. The summed E-state index contributed by atoms with van der Waals surface area (Å²) in [5.41, 5.74) is 12.3. The molecule has 4 atom stereocenters. The Morgan fingerprint density at radius 1 is 0.628 bits per heavy atom. The molecule has 2 aromatic carbocycles. The number of phenols is 2. The number of nitrogens with two attached hydrogens (primary N) is 2. The fraction of sp³-hybridized carbons (Fsp3) is 0.357. The number of carboxylic acid groups (broad SMARTS) is 2. The maximum Gasteiger partial charge on any atom is 0.326 e. The van der Waals surface area contributed by atoms with Crippen molar-refractivity contribution in [2.75, 3.05) is 0 Å². The predicted octanol–water partition coefficient (Wildman–Crippen LogP) is -1.12. The van der Waals surface area contributed by atoms with Crippen molar-refractivity contribution in [1.82, 2.24) is 16.0 Å². The second-order valence-electron chi connectivity index (χ2n) is 9.81. The van der Waals surface area contributed by atoms with Crippen LogP contribution in [0.4, 0.5) is 0 Å². The van der Waals surface area contributed by atoms with Crippen molar-refractivity contribution in [2.45, 2.75) is 62.7 Å². The van der Waals surface area contributed by atoms with Crippen molar-refractivity contribution in [1.29, 1.82) is 0 Å². The number of hydrogen-bond donors (Lipinski definition) is 9. The Kier molecular flexibility index (Phi) is 12.9. The van der Waals surface area contributed by atoms with Crippen LogP contribution in [0.25, 0.3) is 0 Å². The zero-order valence-corrected chi connectivity index (χ0v) is 23.1. The number of carbonyl (C=O) groups is 6. The second kappa shape index (κ2) is 16.3. The number of carbonyl (C=O) groups excluding carboxylic acids is 4. The van der Waals surface area contributed by atoms with Crippen LogP contribution in [0.2, 0.25) is 0 Å². The second-order valence-corrected chi connectivity index (χ2v) is 9.81. The maximum absolute atomic E-state index is 13.4. The molecule has 0 bridgehead atoms. The van der Waals surface area contributed by atoms with Crippen LogP contribution in [0.5, 0.6) is 11.5 Å². The minimum atomic E-state index is -1.55. The summed E-state index contributed by atoms with van der Waals surface area (Å²) < 4.78 is 0. The van der Waals surface area contributed by atoms with Gasteiger partial charge in [-0.3, -0.25) is 24.0 Å². The van der Waals surface area contributed by atoms with E-state index in [1.54, 1.807) is 12.1 Å². The van der Waals surface area contributed by atoms with Gasteiger partial charge in [-0.25, -0.2) is 4.79 Å². The van der Waals surface area contributed by atoms with E-state index in [1.165, 1.54) is 36.4 Å². The number of phenolic OH excluding ortho intramolecular Hbond substituents is 2. The van der Waals surface area contributed by atoms with Gasteiger partial charge in [0.15, 0.2) is 0 Å². The largest absolute Gasteiger partial charge is 0.508 e. The molecule has 4 amide bonds. The highest BCUT2D eigenvalue weighted by Gasteiger charge is 2.31. The zero-order valence-electron chi connectivity index (χ0n) is 23.1. The molecule has 0 spiro atoms. The highest BCUT2D eigenvalue weighted by Crippen LogP contribution is 2.14. The van der Waals surface area contributed by atoms with Crippen LogP contribution in [0.15, 0.2) is 48.5 Å². The first-order chi connectivity index (χ1) is 20.2. The van der Waals surface area contributed by atoms with Crippen LogP contribution in [-0.2, 0) is 41.6 Å². The summed E-state index contributed by atoms with van der Waals surface area (Å²) in [5.74, 6) is -6.22. The monoisotopic (exact) mass is 601 g/mol. The van der Waals surface area contributed by atoms with Crippen LogP contribution in [0.1, 0.15) is 36.8 Å². The molecule has 0 saturated heterocycles. The average molecular weight is 602 g/mol. The number of hydrogen-bond acceptors (Lipinski definition) is 9. The Balaban J connectivity index is 2.25. The molecule has 0 aromatic heterocycles. The van der Waals surface area contributed by atoms with E-state index in [2.05, 4.69) is 16.0 Å². The molecule has 4 unspecified atom stereocenters. The predicted molar refractivity (Wildman–Crippen MR) is 150 cm³/mol. The van der Waals surface area contributed by atoms with Crippen molar-refractivity contribution in [3.8, 4) is 11.5 Å². The van der Waals surface area contributed by atoms with E-state index in [0.717, 1.165) is 0 Å². The number of primary amides is 1. The SMILES string of the molecule is NC(=O)CCC(NC(=O)C(CCC(=O)O)NC(=O)C(Cc1ccc(O)cc1)NC(=O)C(N)Cc1ccc(O)cc1)C(=O)O. The molecule has 0 heterocycles. The molecule has 232 valence electrons. The van der Waals surface area contributed by atoms with Crippen molar-refractivity contribution in [3.63, 3.8) is 0 Å². The molecular formula is C28H35N5O10. The van der Waals surface area contributed by atoms with Crippen LogP contribution in [-0.4, -0.2) is 80.2 Å². The molecule has 15 heteroatoms. The summed E-state index contributed by atoms with van der Waals surface area (Å²) in [6, 6.07) is 6.21. The van der Waals surface area contributed by atoms with Gasteiger partial charge in [0.1, 0.15) is 29.6 Å². The van der Waals surface area contributed by atoms with Gasteiger partial charge in [0, 0.05) is 19.3 Å². The zero-order chi connectivity index (χ0) is 32.1. The van der Waals surface area contributed by atoms with Gasteiger partial charge in [-0.2, -0.15) is 0 Å². The number of carboxylic acids is 2. The van der Waals surface area contributed by atoms with E-state index in [1.807, 2.05) is 0 Å². The van der Waals surface area contributed by atoms with Crippen LogP contribution in [0.3, 0.4) is 0 Å². The number of amides is 4. The van der Waals surface area contributed by atoms with Crippen LogP contribution >= 0.6 is 0 Å². The molecule has 0 aliphatic heterocycles. The quantitative estimate of drug-likeness (QED) is 0.105. The molecule has 0 aliphatic carbocycles. The third kappa shape index (κ3) is 12.1. The Labute approximate surface area is 246 Å². The summed E-state index contributed by atoms with van der Waals surface area (Å²) in [6.07, 6.45) is -1.74. The van der Waals surface area contributed by atoms with Gasteiger partial charge in [-0.15, -0.1) is 0 Å². The first-order valence-electron chi connectivity index (χ1n) is 13.2. The lowest BCUT2D eigenvalue weighted by Crippen LogP contribution is -2.57. The van der Waals surface area contributed by atoms with Crippen molar-refractivity contribution < 1.29 is 49.2 Å². The van der Waals surface area contributed by atoms with Gasteiger partial charge in [0.25, 0.3) is 0 Å². The fourth-order valence-electron chi connectivity index (χ4n) is 3.96. The van der Waals surface area contributed by atoms with Crippen LogP contribution < -0.4 is 27.4 Å². The molecule has 11 N–H and O–H groups in total. The topological polar surface area (TPSA) is 271 Å². The third-order valence-electron chi connectivity index (χ3n) is 6.31. The van der Waals surface area contributed by atoms with Gasteiger partial charge in [-0.05, 0) is 54.7 Å². The first-order valence-corrected chi connectivity index (χ1v) is 13.2. The maximum atomic E-state index is 13.4. The molecule has 43 heavy (non-hydrogen) atoms. The highest BCUT2D eigenvalue weighted by molar-refractivity contribution is 5.94. The minimum Gasteiger partial charge on any atom is -0.508 e. The van der Waals surface area contributed by atoms with E-state index in [4.69, 9.17) is 16.6 Å². The Morgan fingerprint density at radius 2 is 1.07 bits per heavy atom. The van der Waals surface area contributed by atoms with E-state index in [-0.39, 0.29) is 37.2 Å². The normalized spacial score (nSPS) is 13.5. The molecule has 15 nitrogen and oxygen atoms in total. The Bertz CT molecular complexity index is 1300. The molecule has 2 rings (SSSR count). The molecule has 2 aromatic rings. The highest BCUT2D eigenvalue weighted by atomic mass is 16.4.